The van der Waals surface area contributed by atoms with Crippen molar-refractivity contribution < 1.29 is 22.7 Å². The fourth-order valence-corrected chi connectivity index (χ4v) is 3.89. The summed E-state index contributed by atoms with van der Waals surface area (Å²) >= 11 is 0. The summed E-state index contributed by atoms with van der Waals surface area (Å²) in [4.78, 5) is 12.3. The molecule has 7 nitrogen and oxygen atoms in total. The smallest absolute Gasteiger partial charge is 0.224 e. The van der Waals surface area contributed by atoms with E-state index in [0.29, 0.717) is 44.0 Å². The Kier molecular flexibility index (Phi) is 4.96. The van der Waals surface area contributed by atoms with Gasteiger partial charge in [0, 0.05) is 13.1 Å². The average Bonchev–Trinajstić information content (AvgIpc) is 2.59. The fourth-order valence-electron chi connectivity index (χ4n) is 2.98. The zero-order valence-corrected chi connectivity index (χ0v) is 14.4. The molecule has 0 saturated carbocycles. The normalized spacial score (nSPS) is 24.4. The molecule has 1 N–H and O–H groups in total. The third kappa shape index (κ3) is 3.99. The molecule has 24 heavy (non-hydrogen) atoms. The number of carbonyl (C=O) groups is 1. The topological polar surface area (TPSA) is 84.9 Å². The minimum atomic E-state index is -3.25. The molecule has 2 aliphatic rings. The first kappa shape index (κ1) is 17.0. The van der Waals surface area contributed by atoms with E-state index in [1.54, 1.807) is 0 Å². The molecule has 1 amide bonds. The van der Waals surface area contributed by atoms with Crippen LogP contribution < -0.4 is 14.8 Å². The SMILES string of the molecule is CS(=O)(=O)N1CCC[C@H](C(=O)NC[C@@H]2COc3ccccc3O2)C1. The van der Waals surface area contributed by atoms with Crippen LogP contribution in [-0.2, 0) is 14.8 Å². The van der Waals surface area contributed by atoms with Gasteiger partial charge in [-0.15, -0.1) is 0 Å². The number of benzene rings is 1. The Hall–Kier alpha value is -1.80. The molecule has 0 aliphatic carbocycles. The molecule has 132 valence electrons. The molecule has 8 heteroatoms. The van der Waals surface area contributed by atoms with E-state index in [1.165, 1.54) is 10.6 Å². The highest BCUT2D eigenvalue weighted by Crippen LogP contribution is 2.30. The lowest BCUT2D eigenvalue weighted by Gasteiger charge is -2.31. The predicted octanol–water partition coefficient (Wildman–Crippen LogP) is 0.614. The number of nitrogens with zero attached hydrogens (tertiary/aromatic N) is 1. The van der Waals surface area contributed by atoms with Crippen LogP contribution in [0.2, 0.25) is 0 Å². The second kappa shape index (κ2) is 6.98. The second-order valence-electron chi connectivity index (χ2n) is 6.20. The third-order valence-electron chi connectivity index (χ3n) is 4.30. The Bertz CT molecular complexity index is 706. The number of amides is 1. The molecular weight excluding hydrogens is 332 g/mol. The van der Waals surface area contributed by atoms with E-state index in [1.807, 2.05) is 24.3 Å². The molecule has 0 aromatic heterocycles. The molecule has 3 rings (SSSR count). The van der Waals surface area contributed by atoms with E-state index in [9.17, 15) is 13.2 Å². The van der Waals surface area contributed by atoms with Crippen molar-refractivity contribution in [1.29, 1.82) is 0 Å². The van der Waals surface area contributed by atoms with E-state index in [2.05, 4.69) is 5.32 Å². The Balaban J connectivity index is 1.51. The zero-order valence-electron chi connectivity index (χ0n) is 13.6. The van der Waals surface area contributed by atoms with E-state index < -0.39 is 10.0 Å². The highest BCUT2D eigenvalue weighted by atomic mass is 32.2. The van der Waals surface area contributed by atoms with Crippen molar-refractivity contribution in [2.24, 2.45) is 5.92 Å². The molecule has 2 aliphatic heterocycles. The van der Waals surface area contributed by atoms with Gasteiger partial charge >= 0.3 is 0 Å². The number of hydrogen-bond donors (Lipinski definition) is 1. The van der Waals surface area contributed by atoms with Crippen LogP contribution in [0.5, 0.6) is 11.5 Å². The van der Waals surface area contributed by atoms with Gasteiger partial charge in [-0.3, -0.25) is 4.79 Å². The zero-order chi connectivity index (χ0) is 17.2. The van der Waals surface area contributed by atoms with E-state index in [-0.39, 0.29) is 24.5 Å². The van der Waals surface area contributed by atoms with Crippen molar-refractivity contribution in [3.63, 3.8) is 0 Å². The molecule has 1 saturated heterocycles. The number of sulfonamides is 1. The molecule has 1 aromatic carbocycles. The van der Waals surface area contributed by atoms with Crippen LogP contribution >= 0.6 is 0 Å². The molecule has 0 spiro atoms. The maximum absolute atomic E-state index is 12.3. The summed E-state index contributed by atoms with van der Waals surface area (Å²) < 4.78 is 36.1. The van der Waals surface area contributed by atoms with Gasteiger partial charge in [0.05, 0.1) is 18.7 Å². The lowest BCUT2D eigenvalue weighted by Crippen LogP contribution is -2.47. The monoisotopic (exact) mass is 354 g/mol. The van der Waals surface area contributed by atoms with Gasteiger partial charge in [0.25, 0.3) is 0 Å². The molecule has 0 bridgehead atoms. The lowest BCUT2D eigenvalue weighted by atomic mass is 9.99. The average molecular weight is 354 g/mol. The fraction of sp³-hybridized carbons (Fsp3) is 0.562. The number of rotatable bonds is 4. The number of nitrogens with one attached hydrogen (secondary N) is 1. The van der Waals surface area contributed by atoms with Gasteiger partial charge in [-0.1, -0.05) is 12.1 Å². The van der Waals surface area contributed by atoms with E-state index in [0.717, 1.165) is 0 Å². The van der Waals surface area contributed by atoms with Gasteiger partial charge in [0.2, 0.25) is 15.9 Å². The Morgan fingerprint density at radius 3 is 2.83 bits per heavy atom. The van der Waals surface area contributed by atoms with Crippen molar-refractivity contribution in [2.75, 3.05) is 32.5 Å². The molecule has 2 heterocycles. The Morgan fingerprint density at radius 1 is 1.33 bits per heavy atom. The molecular formula is C16H22N2O5S. The van der Waals surface area contributed by atoms with Crippen LogP contribution in [0, 0.1) is 5.92 Å². The Morgan fingerprint density at radius 2 is 2.08 bits per heavy atom. The summed E-state index contributed by atoms with van der Waals surface area (Å²) in [5.74, 6) is 0.927. The van der Waals surface area contributed by atoms with Gasteiger partial charge in [-0.25, -0.2) is 12.7 Å². The van der Waals surface area contributed by atoms with E-state index in [4.69, 9.17) is 9.47 Å². The first-order valence-corrected chi connectivity index (χ1v) is 9.89. The molecule has 1 aromatic rings. The number of hydrogen-bond acceptors (Lipinski definition) is 5. The predicted molar refractivity (Wildman–Crippen MR) is 88.5 cm³/mol. The first-order valence-electron chi connectivity index (χ1n) is 8.05. The quantitative estimate of drug-likeness (QED) is 0.857. The summed E-state index contributed by atoms with van der Waals surface area (Å²) in [6, 6.07) is 7.41. The summed E-state index contributed by atoms with van der Waals surface area (Å²) in [6.45, 7) is 1.44. The maximum Gasteiger partial charge on any atom is 0.224 e. The van der Waals surface area contributed by atoms with Crippen molar-refractivity contribution in [3.8, 4) is 11.5 Å². The van der Waals surface area contributed by atoms with Gasteiger partial charge in [0.15, 0.2) is 11.5 Å². The first-order chi connectivity index (χ1) is 11.4. The molecule has 2 atom stereocenters. The van der Waals surface area contributed by atoms with Crippen LogP contribution in [0.3, 0.4) is 0 Å². The van der Waals surface area contributed by atoms with Gasteiger partial charge in [-0.2, -0.15) is 0 Å². The van der Waals surface area contributed by atoms with Crippen molar-refractivity contribution >= 4 is 15.9 Å². The summed E-state index contributed by atoms with van der Waals surface area (Å²) in [7, 11) is -3.25. The van der Waals surface area contributed by atoms with E-state index >= 15 is 0 Å². The largest absolute Gasteiger partial charge is 0.486 e. The maximum atomic E-state index is 12.3. The third-order valence-corrected chi connectivity index (χ3v) is 5.57. The summed E-state index contributed by atoms with van der Waals surface area (Å²) in [5.41, 5.74) is 0. The van der Waals surface area contributed by atoms with Crippen LogP contribution in [0.15, 0.2) is 24.3 Å². The lowest BCUT2D eigenvalue weighted by molar-refractivity contribution is -0.126. The number of carbonyl (C=O) groups excluding carboxylic acids is 1. The summed E-state index contributed by atoms with van der Waals surface area (Å²) in [6.07, 6.45) is 2.32. The Labute approximate surface area is 142 Å². The van der Waals surface area contributed by atoms with Crippen LogP contribution in [0.1, 0.15) is 12.8 Å². The number of fused-ring (bicyclic) bond motifs is 1. The van der Waals surface area contributed by atoms with Crippen LogP contribution in [-0.4, -0.2) is 57.2 Å². The van der Waals surface area contributed by atoms with Crippen molar-refractivity contribution in [2.45, 2.75) is 18.9 Å². The number of piperidine rings is 1. The number of para-hydroxylation sites is 2. The van der Waals surface area contributed by atoms with Crippen molar-refractivity contribution in [3.05, 3.63) is 24.3 Å². The van der Waals surface area contributed by atoms with Gasteiger partial charge < -0.3 is 14.8 Å². The second-order valence-corrected chi connectivity index (χ2v) is 8.19. The molecule has 0 unspecified atom stereocenters. The summed E-state index contributed by atoms with van der Waals surface area (Å²) in [5, 5.41) is 2.86. The van der Waals surface area contributed by atoms with Crippen LogP contribution in [0.4, 0.5) is 0 Å². The van der Waals surface area contributed by atoms with Gasteiger partial charge in [-0.05, 0) is 25.0 Å². The van der Waals surface area contributed by atoms with Crippen LogP contribution in [0.25, 0.3) is 0 Å². The molecule has 1 fully saturated rings. The number of ether oxygens (including phenoxy) is 2. The van der Waals surface area contributed by atoms with Crippen molar-refractivity contribution in [1.82, 2.24) is 9.62 Å². The standard InChI is InChI=1S/C16H22N2O5S/c1-24(20,21)18-8-4-5-12(10-18)16(19)17-9-13-11-22-14-6-2-3-7-15(14)23-13/h2-3,6-7,12-13H,4-5,8-11H2,1H3,(H,17,19)/t12-,13+/m0/s1. The molecule has 0 radical (unpaired) electrons. The van der Waals surface area contributed by atoms with Gasteiger partial charge in [0.1, 0.15) is 12.7 Å². The highest BCUT2D eigenvalue weighted by molar-refractivity contribution is 7.88. The minimum Gasteiger partial charge on any atom is -0.486 e. The highest BCUT2D eigenvalue weighted by Gasteiger charge is 2.30. The minimum absolute atomic E-state index is 0.134.